The Bertz CT molecular complexity index is 935. The third kappa shape index (κ3) is 2.88. The van der Waals surface area contributed by atoms with Gasteiger partial charge in [0, 0.05) is 16.3 Å². The minimum Gasteiger partial charge on any atom is -0.397 e. The molecule has 0 aliphatic carbocycles. The standard InChI is InChI=1S/C18H21N3OS/c1-9-6-10(2)11-8-12-14(19)15(16(22)21-18(3,4)5)23-17(12)20-13(11)7-9/h6-8H,19H2,1-5H3,(H,21,22). The van der Waals surface area contributed by atoms with Crippen LogP contribution >= 0.6 is 11.3 Å². The van der Waals surface area contributed by atoms with Crippen molar-refractivity contribution in [2.24, 2.45) is 0 Å². The van der Waals surface area contributed by atoms with Crippen LogP contribution in [0.1, 0.15) is 41.6 Å². The molecule has 3 N–H and O–H groups in total. The average Bonchev–Trinajstić information content (AvgIpc) is 2.72. The number of nitrogens with one attached hydrogen (secondary N) is 1. The Kier molecular flexibility index (Phi) is 3.56. The van der Waals surface area contributed by atoms with Gasteiger partial charge in [0.15, 0.2) is 0 Å². The Morgan fingerprint density at radius 2 is 1.87 bits per heavy atom. The van der Waals surface area contributed by atoms with E-state index < -0.39 is 0 Å². The zero-order valence-corrected chi connectivity index (χ0v) is 14.9. The van der Waals surface area contributed by atoms with Crippen LogP contribution < -0.4 is 11.1 Å². The first-order valence-corrected chi connectivity index (χ1v) is 8.40. The number of amides is 1. The first kappa shape index (κ1) is 15.7. The van der Waals surface area contributed by atoms with Crippen molar-refractivity contribution in [3.8, 4) is 0 Å². The monoisotopic (exact) mass is 327 g/mol. The molecule has 0 aliphatic heterocycles. The lowest BCUT2D eigenvalue weighted by atomic mass is 10.0. The van der Waals surface area contributed by atoms with Crippen LogP contribution in [0.5, 0.6) is 0 Å². The summed E-state index contributed by atoms with van der Waals surface area (Å²) in [6.45, 7) is 9.98. The van der Waals surface area contributed by atoms with Gasteiger partial charge in [-0.25, -0.2) is 4.98 Å². The predicted octanol–water partition coefficient (Wildman–Crippen LogP) is 4.18. The number of nitrogens with two attached hydrogens (primary N) is 1. The minimum atomic E-state index is -0.300. The summed E-state index contributed by atoms with van der Waals surface area (Å²) in [5, 5.41) is 4.90. The number of anilines is 1. The fraction of sp³-hybridized carbons (Fsp3) is 0.333. The van der Waals surface area contributed by atoms with Gasteiger partial charge in [0.05, 0.1) is 11.2 Å². The molecule has 0 spiro atoms. The SMILES string of the molecule is Cc1cc(C)c2cc3c(N)c(C(=O)NC(C)(C)C)sc3nc2c1. The number of hydrogen-bond donors (Lipinski definition) is 2. The van der Waals surface area contributed by atoms with Crippen molar-refractivity contribution < 1.29 is 4.79 Å². The van der Waals surface area contributed by atoms with Crippen LogP contribution in [0.15, 0.2) is 18.2 Å². The summed E-state index contributed by atoms with van der Waals surface area (Å²) in [7, 11) is 0. The fourth-order valence-corrected chi connectivity index (χ4v) is 3.70. The van der Waals surface area contributed by atoms with Crippen molar-refractivity contribution in [1.82, 2.24) is 10.3 Å². The number of rotatable bonds is 1. The maximum atomic E-state index is 12.5. The lowest BCUT2D eigenvalue weighted by Gasteiger charge is -2.19. The molecule has 1 aromatic carbocycles. The van der Waals surface area contributed by atoms with Gasteiger partial charge in [-0.1, -0.05) is 6.07 Å². The van der Waals surface area contributed by atoms with E-state index in [0.717, 1.165) is 21.1 Å². The van der Waals surface area contributed by atoms with Gasteiger partial charge in [-0.05, 0) is 57.9 Å². The van der Waals surface area contributed by atoms with Crippen LogP contribution in [-0.4, -0.2) is 16.4 Å². The van der Waals surface area contributed by atoms with Gasteiger partial charge in [0.25, 0.3) is 5.91 Å². The fourth-order valence-electron chi connectivity index (χ4n) is 2.72. The molecule has 0 saturated heterocycles. The molecule has 0 radical (unpaired) electrons. The zero-order valence-electron chi connectivity index (χ0n) is 14.1. The lowest BCUT2D eigenvalue weighted by molar-refractivity contribution is 0.0924. The summed E-state index contributed by atoms with van der Waals surface area (Å²) in [5.41, 5.74) is 9.74. The van der Waals surface area contributed by atoms with Crippen molar-refractivity contribution in [3.05, 3.63) is 34.2 Å². The maximum Gasteiger partial charge on any atom is 0.263 e. The Labute approximate surface area is 139 Å². The molecule has 23 heavy (non-hydrogen) atoms. The number of benzene rings is 1. The van der Waals surface area contributed by atoms with Gasteiger partial charge in [-0.15, -0.1) is 11.3 Å². The third-order valence-corrected chi connectivity index (χ3v) is 4.79. The van der Waals surface area contributed by atoms with Gasteiger partial charge in [-0.3, -0.25) is 4.79 Å². The molecule has 0 aliphatic rings. The summed E-state index contributed by atoms with van der Waals surface area (Å²) in [5.74, 6) is -0.144. The highest BCUT2D eigenvalue weighted by Crippen LogP contribution is 2.35. The predicted molar refractivity (Wildman–Crippen MR) is 98.2 cm³/mol. The highest BCUT2D eigenvalue weighted by atomic mass is 32.1. The van der Waals surface area contributed by atoms with E-state index in [1.807, 2.05) is 26.8 Å². The average molecular weight is 327 g/mol. The number of pyridine rings is 1. The molecule has 2 aromatic heterocycles. The molecule has 0 unspecified atom stereocenters. The summed E-state index contributed by atoms with van der Waals surface area (Å²) in [4.78, 5) is 18.5. The first-order valence-electron chi connectivity index (χ1n) is 7.58. The number of carbonyl (C=O) groups is 1. The number of nitrogens with zero attached hydrogens (tertiary/aromatic N) is 1. The molecule has 3 aromatic rings. The Balaban J connectivity index is 2.20. The van der Waals surface area contributed by atoms with Gasteiger partial charge < -0.3 is 11.1 Å². The Morgan fingerprint density at radius 1 is 1.17 bits per heavy atom. The topological polar surface area (TPSA) is 68.0 Å². The molecular formula is C18H21N3OS. The smallest absolute Gasteiger partial charge is 0.263 e. The largest absolute Gasteiger partial charge is 0.397 e. The van der Waals surface area contributed by atoms with E-state index in [2.05, 4.69) is 31.3 Å². The molecule has 5 heteroatoms. The van der Waals surface area contributed by atoms with Crippen molar-refractivity contribution in [2.45, 2.75) is 40.2 Å². The summed E-state index contributed by atoms with van der Waals surface area (Å²) < 4.78 is 0. The molecule has 2 heterocycles. The lowest BCUT2D eigenvalue weighted by Crippen LogP contribution is -2.40. The van der Waals surface area contributed by atoms with Crippen LogP contribution in [0.2, 0.25) is 0 Å². The molecular weight excluding hydrogens is 306 g/mol. The third-order valence-electron chi connectivity index (χ3n) is 3.68. The van der Waals surface area contributed by atoms with Crippen molar-refractivity contribution in [1.29, 1.82) is 0 Å². The molecule has 0 saturated carbocycles. The summed E-state index contributed by atoms with van der Waals surface area (Å²) in [6, 6.07) is 6.24. The number of nitrogen functional groups attached to an aromatic ring is 1. The van der Waals surface area contributed by atoms with E-state index in [1.165, 1.54) is 22.5 Å². The molecule has 0 bridgehead atoms. The van der Waals surface area contributed by atoms with Crippen LogP contribution in [0, 0.1) is 13.8 Å². The van der Waals surface area contributed by atoms with Crippen LogP contribution in [0.4, 0.5) is 5.69 Å². The number of carbonyl (C=O) groups excluding carboxylic acids is 1. The summed E-state index contributed by atoms with van der Waals surface area (Å²) >= 11 is 1.35. The van der Waals surface area contributed by atoms with E-state index in [9.17, 15) is 4.79 Å². The van der Waals surface area contributed by atoms with Crippen LogP contribution in [0.3, 0.4) is 0 Å². The van der Waals surface area contributed by atoms with Gasteiger partial charge in [0.2, 0.25) is 0 Å². The van der Waals surface area contributed by atoms with Gasteiger partial charge in [0.1, 0.15) is 9.71 Å². The highest BCUT2D eigenvalue weighted by molar-refractivity contribution is 7.21. The maximum absolute atomic E-state index is 12.5. The molecule has 1 amide bonds. The van der Waals surface area contributed by atoms with E-state index in [1.54, 1.807) is 0 Å². The first-order chi connectivity index (χ1) is 10.7. The number of aryl methyl sites for hydroxylation is 2. The molecule has 120 valence electrons. The number of hydrogen-bond acceptors (Lipinski definition) is 4. The second-order valence-electron chi connectivity index (χ2n) is 7.04. The van der Waals surface area contributed by atoms with Crippen LogP contribution in [0.25, 0.3) is 21.1 Å². The van der Waals surface area contributed by atoms with E-state index in [4.69, 9.17) is 10.7 Å². The minimum absolute atomic E-state index is 0.144. The van der Waals surface area contributed by atoms with Crippen LogP contribution in [-0.2, 0) is 0 Å². The van der Waals surface area contributed by atoms with Crippen molar-refractivity contribution in [2.75, 3.05) is 5.73 Å². The van der Waals surface area contributed by atoms with E-state index in [-0.39, 0.29) is 11.4 Å². The highest BCUT2D eigenvalue weighted by Gasteiger charge is 2.22. The number of thiophene rings is 1. The molecule has 0 atom stereocenters. The molecule has 4 nitrogen and oxygen atoms in total. The van der Waals surface area contributed by atoms with E-state index in [0.29, 0.717) is 10.6 Å². The van der Waals surface area contributed by atoms with E-state index >= 15 is 0 Å². The Morgan fingerprint density at radius 3 is 2.52 bits per heavy atom. The number of fused-ring (bicyclic) bond motifs is 2. The zero-order chi connectivity index (χ0) is 16.9. The normalized spacial score (nSPS) is 12.0. The molecule has 3 rings (SSSR count). The second kappa shape index (κ2) is 5.20. The summed E-state index contributed by atoms with van der Waals surface area (Å²) in [6.07, 6.45) is 0. The Hall–Kier alpha value is -2.14. The quantitative estimate of drug-likeness (QED) is 0.704. The van der Waals surface area contributed by atoms with Crippen molar-refractivity contribution in [3.63, 3.8) is 0 Å². The van der Waals surface area contributed by atoms with Gasteiger partial charge in [-0.2, -0.15) is 0 Å². The number of aromatic nitrogens is 1. The molecule has 0 fully saturated rings. The van der Waals surface area contributed by atoms with Crippen molar-refractivity contribution >= 4 is 44.1 Å². The second-order valence-corrected chi connectivity index (χ2v) is 8.04. The van der Waals surface area contributed by atoms with Gasteiger partial charge >= 0.3 is 0 Å².